The summed E-state index contributed by atoms with van der Waals surface area (Å²) >= 11 is 0. The maximum atomic E-state index is 12.6. The number of hydrogen-bond acceptors (Lipinski definition) is 5. The molecule has 4 rings (SSSR count). The van der Waals surface area contributed by atoms with Crippen LogP contribution < -0.4 is 10.0 Å². The van der Waals surface area contributed by atoms with Crippen LogP contribution >= 0.6 is 0 Å². The molecule has 8 heteroatoms. The third-order valence-electron chi connectivity index (χ3n) is 5.30. The molecule has 2 heterocycles. The van der Waals surface area contributed by atoms with Gasteiger partial charge in [0, 0.05) is 31.2 Å². The number of carbonyl (C=O) groups excluding carboxylic acids is 1. The molecular formula is C23H25N3O4S. The standard InChI is InChI=1S/C23H25N3O4S/c27-23(25-20-12-13-26(17-20)16-18-5-2-1-3-6-18)19-8-10-22(11-9-19)31(28,29)24-15-21-7-4-14-30-21/h1-11,14,20,24H,12-13,15-17H2,(H,25,27)/t20-/m0/s1. The number of benzene rings is 2. The second-order valence-electron chi connectivity index (χ2n) is 7.61. The van der Waals surface area contributed by atoms with Crippen LogP contribution in [0.4, 0.5) is 0 Å². The van der Waals surface area contributed by atoms with Crippen LogP contribution in [0, 0.1) is 0 Å². The first-order valence-electron chi connectivity index (χ1n) is 10.2. The quantitative estimate of drug-likeness (QED) is 0.563. The Labute approximate surface area is 182 Å². The molecule has 31 heavy (non-hydrogen) atoms. The predicted molar refractivity (Wildman–Crippen MR) is 117 cm³/mol. The molecule has 1 amide bonds. The molecule has 0 spiro atoms. The van der Waals surface area contributed by atoms with Gasteiger partial charge in [-0.1, -0.05) is 30.3 Å². The average molecular weight is 440 g/mol. The lowest BCUT2D eigenvalue weighted by Gasteiger charge is -2.17. The van der Waals surface area contributed by atoms with Crippen LogP contribution in [0.2, 0.25) is 0 Å². The molecule has 0 aliphatic carbocycles. The van der Waals surface area contributed by atoms with Gasteiger partial charge in [0.05, 0.1) is 17.7 Å². The zero-order chi connectivity index (χ0) is 21.7. The molecule has 1 fully saturated rings. The fourth-order valence-electron chi connectivity index (χ4n) is 3.65. The van der Waals surface area contributed by atoms with Gasteiger partial charge in [0.2, 0.25) is 10.0 Å². The van der Waals surface area contributed by atoms with Gasteiger partial charge >= 0.3 is 0 Å². The highest BCUT2D eigenvalue weighted by atomic mass is 32.2. The van der Waals surface area contributed by atoms with Crippen LogP contribution in [0.15, 0.2) is 82.3 Å². The molecule has 2 aromatic carbocycles. The number of carbonyl (C=O) groups is 1. The summed E-state index contributed by atoms with van der Waals surface area (Å²) in [7, 11) is -3.69. The molecule has 1 aliphatic rings. The van der Waals surface area contributed by atoms with Crippen molar-refractivity contribution < 1.29 is 17.6 Å². The van der Waals surface area contributed by atoms with E-state index in [1.165, 1.54) is 36.1 Å². The minimum absolute atomic E-state index is 0.0682. The average Bonchev–Trinajstić information content (AvgIpc) is 3.45. The first-order chi connectivity index (χ1) is 15.0. The van der Waals surface area contributed by atoms with E-state index in [0.29, 0.717) is 11.3 Å². The van der Waals surface area contributed by atoms with Crippen LogP contribution in [-0.4, -0.2) is 38.4 Å². The lowest BCUT2D eigenvalue weighted by Crippen LogP contribution is -2.37. The Morgan fingerprint density at radius 3 is 2.52 bits per heavy atom. The minimum atomic E-state index is -3.69. The summed E-state index contributed by atoms with van der Waals surface area (Å²) in [6.45, 7) is 2.66. The Kier molecular flexibility index (Phi) is 6.50. The molecule has 1 aromatic heterocycles. The molecule has 1 aliphatic heterocycles. The van der Waals surface area contributed by atoms with Crippen molar-refractivity contribution in [3.8, 4) is 0 Å². The summed E-state index contributed by atoms with van der Waals surface area (Å²) in [6, 6.07) is 19.7. The van der Waals surface area contributed by atoms with E-state index in [2.05, 4.69) is 27.1 Å². The maximum absolute atomic E-state index is 12.6. The number of sulfonamides is 1. The molecule has 3 aromatic rings. The number of nitrogens with one attached hydrogen (secondary N) is 2. The van der Waals surface area contributed by atoms with E-state index >= 15 is 0 Å². The maximum Gasteiger partial charge on any atom is 0.251 e. The van der Waals surface area contributed by atoms with E-state index in [9.17, 15) is 13.2 Å². The number of hydrogen-bond donors (Lipinski definition) is 2. The number of nitrogens with zero attached hydrogens (tertiary/aromatic N) is 1. The molecule has 7 nitrogen and oxygen atoms in total. The second-order valence-corrected chi connectivity index (χ2v) is 9.38. The largest absolute Gasteiger partial charge is 0.468 e. The van der Waals surface area contributed by atoms with E-state index < -0.39 is 10.0 Å². The van der Waals surface area contributed by atoms with Crippen molar-refractivity contribution in [3.05, 3.63) is 89.9 Å². The lowest BCUT2D eigenvalue weighted by molar-refractivity contribution is 0.0937. The normalized spacial score (nSPS) is 17.0. The van der Waals surface area contributed by atoms with E-state index in [0.717, 1.165) is 26.1 Å². The summed E-state index contributed by atoms with van der Waals surface area (Å²) in [5.41, 5.74) is 1.69. The predicted octanol–water partition coefficient (Wildman–Crippen LogP) is 2.76. The van der Waals surface area contributed by atoms with Crippen LogP contribution in [0.3, 0.4) is 0 Å². The van der Waals surface area contributed by atoms with Crippen molar-refractivity contribution in [1.29, 1.82) is 0 Å². The van der Waals surface area contributed by atoms with Gasteiger partial charge in [-0.15, -0.1) is 0 Å². The molecule has 1 saturated heterocycles. The molecule has 0 bridgehead atoms. The minimum Gasteiger partial charge on any atom is -0.468 e. The highest BCUT2D eigenvalue weighted by Crippen LogP contribution is 2.15. The van der Waals surface area contributed by atoms with Gasteiger partial charge in [-0.05, 0) is 48.4 Å². The van der Waals surface area contributed by atoms with Crippen molar-refractivity contribution in [2.24, 2.45) is 0 Å². The topological polar surface area (TPSA) is 91.7 Å². The molecular weight excluding hydrogens is 414 g/mol. The van der Waals surface area contributed by atoms with Crippen molar-refractivity contribution in [3.63, 3.8) is 0 Å². The van der Waals surface area contributed by atoms with Gasteiger partial charge < -0.3 is 9.73 Å². The summed E-state index contributed by atoms with van der Waals surface area (Å²) < 4.78 is 32.4. The number of likely N-dealkylation sites (tertiary alicyclic amines) is 1. The lowest BCUT2D eigenvalue weighted by atomic mass is 10.2. The molecule has 0 saturated carbocycles. The van der Waals surface area contributed by atoms with Crippen molar-refractivity contribution in [1.82, 2.24) is 14.9 Å². The van der Waals surface area contributed by atoms with E-state index in [4.69, 9.17) is 4.42 Å². The SMILES string of the molecule is O=C(N[C@H]1CCN(Cc2ccccc2)C1)c1ccc(S(=O)(=O)NCc2ccco2)cc1. The monoisotopic (exact) mass is 439 g/mol. The van der Waals surface area contributed by atoms with Gasteiger partial charge in [0.1, 0.15) is 5.76 Å². The Hall–Kier alpha value is -2.94. The summed E-state index contributed by atoms with van der Waals surface area (Å²) in [6.07, 6.45) is 2.38. The highest BCUT2D eigenvalue weighted by Gasteiger charge is 2.24. The molecule has 2 N–H and O–H groups in total. The van der Waals surface area contributed by atoms with Gasteiger partial charge in [-0.2, -0.15) is 0 Å². The second kappa shape index (κ2) is 9.47. The fraction of sp³-hybridized carbons (Fsp3) is 0.261. The summed E-state index contributed by atoms with van der Waals surface area (Å²) in [4.78, 5) is 15.0. The Morgan fingerprint density at radius 2 is 1.81 bits per heavy atom. The van der Waals surface area contributed by atoms with Gasteiger partial charge in [-0.25, -0.2) is 13.1 Å². The number of furan rings is 1. The van der Waals surface area contributed by atoms with Crippen LogP contribution in [0.25, 0.3) is 0 Å². The first kappa shape index (κ1) is 21.3. The zero-order valence-electron chi connectivity index (χ0n) is 17.0. The molecule has 0 radical (unpaired) electrons. The number of amides is 1. The summed E-state index contributed by atoms with van der Waals surface area (Å²) in [5, 5.41) is 3.05. The smallest absolute Gasteiger partial charge is 0.251 e. The molecule has 1 atom stereocenters. The van der Waals surface area contributed by atoms with Crippen LogP contribution in [0.5, 0.6) is 0 Å². The van der Waals surface area contributed by atoms with E-state index in [1.54, 1.807) is 12.1 Å². The zero-order valence-corrected chi connectivity index (χ0v) is 17.8. The first-order valence-corrected chi connectivity index (χ1v) is 11.7. The van der Waals surface area contributed by atoms with Crippen LogP contribution in [-0.2, 0) is 23.1 Å². The van der Waals surface area contributed by atoms with Crippen molar-refractivity contribution in [2.45, 2.75) is 30.4 Å². The van der Waals surface area contributed by atoms with Crippen molar-refractivity contribution in [2.75, 3.05) is 13.1 Å². The Morgan fingerprint density at radius 1 is 1.03 bits per heavy atom. The van der Waals surface area contributed by atoms with Gasteiger partial charge in [0.15, 0.2) is 0 Å². The van der Waals surface area contributed by atoms with Crippen molar-refractivity contribution >= 4 is 15.9 Å². The van der Waals surface area contributed by atoms with E-state index in [-0.39, 0.29) is 23.4 Å². The van der Waals surface area contributed by atoms with Gasteiger partial charge in [0.25, 0.3) is 5.91 Å². The third kappa shape index (κ3) is 5.61. The summed E-state index contributed by atoms with van der Waals surface area (Å²) in [5.74, 6) is 0.330. The Balaban J connectivity index is 1.30. The Bertz CT molecular complexity index is 1100. The number of rotatable bonds is 8. The molecule has 162 valence electrons. The van der Waals surface area contributed by atoms with E-state index in [1.807, 2.05) is 18.2 Å². The van der Waals surface area contributed by atoms with Crippen LogP contribution in [0.1, 0.15) is 28.1 Å². The molecule has 0 unspecified atom stereocenters. The fourth-order valence-corrected chi connectivity index (χ4v) is 4.65. The van der Waals surface area contributed by atoms with Gasteiger partial charge in [-0.3, -0.25) is 9.69 Å². The third-order valence-corrected chi connectivity index (χ3v) is 6.72. The highest BCUT2D eigenvalue weighted by molar-refractivity contribution is 7.89.